The molecule has 3 amide bonds. The van der Waals surface area contributed by atoms with Gasteiger partial charge in [0.15, 0.2) is 0 Å². The Morgan fingerprint density at radius 3 is 2.36 bits per heavy atom. The predicted octanol–water partition coefficient (Wildman–Crippen LogP) is 3.91. The van der Waals surface area contributed by atoms with Crippen LogP contribution in [0.4, 0.5) is 29.3 Å². The third-order valence-corrected chi connectivity index (χ3v) is 5.65. The number of alkyl halides is 3. The van der Waals surface area contributed by atoms with Crippen LogP contribution in [0.2, 0.25) is 0 Å². The first kappa shape index (κ1) is 24.0. The van der Waals surface area contributed by atoms with Gasteiger partial charge in [-0.2, -0.15) is 13.2 Å². The van der Waals surface area contributed by atoms with E-state index in [0.717, 1.165) is 24.1 Å². The van der Waals surface area contributed by atoms with E-state index in [2.05, 4.69) is 15.6 Å². The fourth-order valence-corrected chi connectivity index (χ4v) is 3.74. The van der Waals surface area contributed by atoms with Crippen molar-refractivity contribution in [2.45, 2.75) is 25.9 Å². The summed E-state index contributed by atoms with van der Waals surface area (Å²) in [6.45, 7) is 3.34. The van der Waals surface area contributed by atoms with Crippen LogP contribution in [0.15, 0.2) is 48.8 Å². The Labute approximate surface area is 187 Å². The summed E-state index contributed by atoms with van der Waals surface area (Å²) in [5.41, 5.74) is 2.61. The van der Waals surface area contributed by atoms with Crippen LogP contribution in [0.5, 0.6) is 0 Å². The number of pyridine rings is 1. The highest BCUT2D eigenvalue weighted by Gasteiger charge is 2.61. The zero-order chi connectivity index (χ0) is 24.2. The number of aromatic nitrogens is 1. The fourth-order valence-electron chi connectivity index (χ4n) is 3.74. The number of benzene rings is 1. The molecule has 2 unspecified atom stereocenters. The molecule has 2 fully saturated rings. The first-order chi connectivity index (χ1) is 15.5. The summed E-state index contributed by atoms with van der Waals surface area (Å²) in [5, 5.41) is 13.0. The lowest BCUT2D eigenvalue weighted by Gasteiger charge is -2.17. The van der Waals surface area contributed by atoms with Gasteiger partial charge in [-0.15, -0.1) is 0 Å². The smallest absolute Gasteiger partial charge is 0.475 e. The zero-order valence-corrected chi connectivity index (χ0v) is 17.7. The molecule has 1 saturated carbocycles. The lowest BCUT2D eigenvalue weighted by atomic mass is 10.0. The van der Waals surface area contributed by atoms with Gasteiger partial charge in [-0.1, -0.05) is 17.7 Å². The average molecular weight is 464 g/mol. The molecule has 33 heavy (non-hydrogen) atoms. The second-order valence-electron chi connectivity index (χ2n) is 8.12. The number of aryl methyl sites for hydroxylation is 1. The van der Waals surface area contributed by atoms with Crippen LogP contribution in [0, 0.1) is 18.3 Å². The number of aliphatic carboxylic acids is 1. The van der Waals surface area contributed by atoms with Crippen molar-refractivity contribution >= 4 is 29.3 Å². The molecule has 11 heteroatoms. The number of halogens is 3. The molecule has 8 nitrogen and oxygen atoms in total. The Balaban J connectivity index is 0.000000383. The molecule has 2 aliphatic rings. The number of hydrogen-bond donors (Lipinski definition) is 3. The highest BCUT2D eigenvalue weighted by Crippen LogP contribution is 2.58. The van der Waals surface area contributed by atoms with E-state index in [1.165, 1.54) is 0 Å². The zero-order valence-electron chi connectivity index (χ0n) is 17.7. The maximum atomic E-state index is 12.5. The molecule has 0 bridgehead atoms. The molecule has 4 rings (SSSR count). The summed E-state index contributed by atoms with van der Waals surface area (Å²) in [7, 11) is 0. The van der Waals surface area contributed by atoms with E-state index in [1.54, 1.807) is 18.5 Å². The average Bonchev–Trinajstić information content (AvgIpc) is 3.29. The van der Waals surface area contributed by atoms with Crippen LogP contribution in [-0.2, 0) is 9.59 Å². The SMILES string of the molecule is Cc1ccc(NC(=O)N2CCC3(CC3C(=O)Nc3cccnc3)C2)cc1.O=C(O)C(F)(F)F. The van der Waals surface area contributed by atoms with E-state index < -0.39 is 12.1 Å². The Morgan fingerprint density at radius 2 is 1.79 bits per heavy atom. The van der Waals surface area contributed by atoms with Gasteiger partial charge in [0.05, 0.1) is 11.9 Å². The highest BCUT2D eigenvalue weighted by atomic mass is 19.4. The van der Waals surface area contributed by atoms with Gasteiger partial charge >= 0.3 is 18.2 Å². The minimum atomic E-state index is -5.08. The van der Waals surface area contributed by atoms with Crippen molar-refractivity contribution in [1.29, 1.82) is 0 Å². The van der Waals surface area contributed by atoms with E-state index in [-0.39, 0.29) is 23.3 Å². The largest absolute Gasteiger partial charge is 0.490 e. The number of anilines is 2. The number of carboxylic acid groups (broad SMARTS) is 1. The predicted molar refractivity (Wildman–Crippen MR) is 113 cm³/mol. The van der Waals surface area contributed by atoms with Crippen molar-refractivity contribution in [2.75, 3.05) is 23.7 Å². The second-order valence-corrected chi connectivity index (χ2v) is 8.12. The molecule has 2 heterocycles. The Bertz CT molecular complexity index is 1010. The van der Waals surface area contributed by atoms with Crippen molar-refractivity contribution in [3.8, 4) is 0 Å². The number of carbonyl (C=O) groups excluding carboxylic acids is 2. The summed E-state index contributed by atoms with van der Waals surface area (Å²) in [4.78, 5) is 39.7. The molecule has 2 aromatic rings. The lowest BCUT2D eigenvalue weighted by molar-refractivity contribution is -0.192. The Hall–Kier alpha value is -3.63. The topological polar surface area (TPSA) is 112 Å². The van der Waals surface area contributed by atoms with Gasteiger partial charge in [0.25, 0.3) is 0 Å². The molecule has 1 aliphatic carbocycles. The van der Waals surface area contributed by atoms with E-state index in [9.17, 15) is 22.8 Å². The van der Waals surface area contributed by atoms with Crippen molar-refractivity contribution in [2.24, 2.45) is 11.3 Å². The van der Waals surface area contributed by atoms with Gasteiger partial charge in [-0.3, -0.25) is 9.78 Å². The van der Waals surface area contributed by atoms with Crippen LogP contribution in [0.3, 0.4) is 0 Å². The normalized spacial score (nSPS) is 21.1. The van der Waals surface area contributed by atoms with E-state index in [1.807, 2.05) is 42.2 Å². The van der Waals surface area contributed by atoms with E-state index in [0.29, 0.717) is 18.8 Å². The first-order valence-electron chi connectivity index (χ1n) is 10.1. The standard InChI is InChI=1S/C20H22N4O2.C2HF3O2/c1-14-4-6-15(7-5-14)23-19(26)24-10-8-20(13-24)11-17(20)18(25)22-16-3-2-9-21-12-16;3-2(4,5)1(6)7/h2-7,9,12,17H,8,10-11,13H2,1H3,(H,22,25)(H,23,26);(H,6,7). The minimum absolute atomic E-state index is 0.0267. The number of carboxylic acids is 1. The third-order valence-electron chi connectivity index (χ3n) is 5.65. The molecule has 2 atom stereocenters. The van der Waals surface area contributed by atoms with E-state index in [4.69, 9.17) is 9.90 Å². The fraction of sp³-hybridized carbons (Fsp3) is 0.364. The van der Waals surface area contributed by atoms with Gasteiger partial charge in [-0.25, -0.2) is 9.59 Å². The maximum Gasteiger partial charge on any atom is 0.490 e. The number of amides is 3. The molecular weight excluding hydrogens is 441 g/mol. The van der Waals surface area contributed by atoms with Gasteiger partial charge in [-0.05, 0) is 44.0 Å². The van der Waals surface area contributed by atoms with Gasteiger partial charge in [0.1, 0.15) is 0 Å². The molecule has 1 spiro atoms. The molecule has 176 valence electrons. The van der Waals surface area contributed by atoms with Crippen molar-refractivity contribution < 1.29 is 32.7 Å². The van der Waals surface area contributed by atoms with Crippen LogP contribution in [0.25, 0.3) is 0 Å². The molecule has 1 aromatic heterocycles. The number of likely N-dealkylation sites (tertiary alicyclic amines) is 1. The monoisotopic (exact) mass is 464 g/mol. The van der Waals surface area contributed by atoms with Crippen LogP contribution >= 0.6 is 0 Å². The molecule has 1 saturated heterocycles. The molecule has 1 aliphatic heterocycles. The Morgan fingerprint density at radius 1 is 1.12 bits per heavy atom. The van der Waals surface area contributed by atoms with Crippen molar-refractivity contribution in [3.63, 3.8) is 0 Å². The van der Waals surface area contributed by atoms with Crippen LogP contribution < -0.4 is 10.6 Å². The summed E-state index contributed by atoms with van der Waals surface area (Å²) in [5.74, 6) is -2.76. The number of urea groups is 1. The third kappa shape index (κ3) is 6.21. The molecular formula is C22H23F3N4O4. The first-order valence-corrected chi connectivity index (χ1v) is 10.1. The Kier molecular flexibility index (Phi) is 6.89. The van der Waals surface area contributed by atoms with Crippen molar-refractivity contribution in [1.82, 2.24) is 9.88 Å². The lowest BCUT2D eigenvalue weighted by Crippen LogP contribution is -2.33. The summed E-state index contributed by atoms with van der Waals surface area (Å²) >= 11 is 0. The summed E-state index contributed by atoms with van der Waals surface area (Å²) in [6, 6.07) is 11.3. The molecule has 1 aromatic carbocycles. The van der Waals surface area contributed by atoms with Crippen molar-refractivity contribution in [3.05, 3.63) is 54.4 Å². The highest BCUT2D eigenvalue weighted by molar-refractivity contribution is 5.95. The summed E-state index contributed by atoms with van der Waals surface area (Å²) in [6.07, 6.45) is -0.0500. The number of hydrogen-bond acceptors (Lipinski definition) is 4. The van der Waals surface area contributed by atoms with Crippen LogP contribution in [-0.4, -0.2) is 52.2 Å². The quantitative estimate of drug-likeness (QED) is 0.638. The van der Waals surface area contributed by atoms with Gasteiger partial charge in [0.2, 0.25) is 5.91 Å². The van der Waals surface area contributed by atoms with Gasteiger partial charge < -0.3 is 20.6 Å². The second kappa shape index (κ2) is 9.47. The summed E-state index contributed by atoms with van der Waals surface area (Å²) < 4.78 is 31.7. The number of nitrogens with one attached hydrogen (secondary N) is 2. The minimum Gasteiger partial charge on any atom is -0.475 e. The number of nitrogens with zero attached hydrogens (tertiary/aromatic N) is 2. The number of carbonyl (C=O) groups is 3. The molecule has 3 N–H and O–H groups in total. The maximum absolute atomic E-state index is 12.5. The van der Waals surface area contributed by atoms with Gasteiger partial charge in [0, 0.05) is 36.3 Å². The van der Waals surface area contributed by atoms with E-state index >= 15 is 0 Å². The number of rotatable bonds is 3. The van der Waals surface area contributed by atoms with Crippen LogP contribution in [0.1, 0.15) is 18.4 Å². The molecule has 0 radical (unpaired) electrons.